The Labute approximate surface area is 122 Å². The quantitative estimate of drug-likeness (QED) is 0.652. The SMILES string of the molecule is CSc1ccc(C(O)c2c(F)ccc(Br)c2F)cc1. The average molecular weight is 345 g/mol. The topological polar surface area (TPSA) is 20.2 Å². The first-order valence-corrected chi connectivity index (χ1v) is 7.51. The Morgan fingerprint density at radius 2 is 1.74 bits per heavy atom. The molecule has 2 rings (SSSR count). The summed E-state index contributed by atoms with van der Waals surface area (Å²) in [5.74, 6) is -1.54. The average Bonchev–Trinajstić information content (AvgIpc) is 2.43. The van der Waals surface area contributed by atoms with Crippen LogP contribution in [0.1, 0.15) is 17.2 Å². The van der Waals surface area contributed by atoms with Crippen LogP contribution in [-0.4, -0.2) is 11.4 Å². The van der Waals surface area contributed by atoms with E-state index in [1.54, 1.807) is 36.0 Å². The molecule has 0 saturated heterocycles. The highest BCUT2D eigenvalue weighted by atomic mass is 79.9. The predicted molar refractivity (Wildman–Crippen MR) is 76.3 cm³/mol. The Balaban J connectivity index is 2.43. The van der Waals surface area contributed by atoms with Gasteiger partial charge in [-0.3, -0.25) is 0 Å². The first kappa shape index (κ1) is 14.5. The minimum Gasteiger partial charge on any atom is -0.383 e. The Hall–Kier alpha value is -0.910. The Kier molecular flexibility index (Phi) is 4.60. The Bertz CT molecular complexity index is 587. The van der Waals surface area contributed by atoms with Gasteiger partial charge in [0.15, 0.2) is 0 Å². The summed E-state index contributed by atoms with van der Waals surface area (Å²) in [6.45, 7) is 0. The van der Waals surface area contributed by atoms with Gasteiger partial charge < -0.3 is 5.11 Å². The van der Waals surface area contributed by atoms with Crippen molar-refractivity contribution in [2.45, 2.75) is 11.0 Å². The first-order valence-electron chi connectivity index (χ1n) is 5.50. The monoisotopic (exact) mass is 344 g/mol. The molecule has 0 aromatic heterocycles. The van der Waals surface area contributed by atoms with E-state index in [1.165, 1.54) is 6.07 Å². The molecule has 0 spiro atoms. The summed E-state index contributed by atoms with van der Waals surface area (Å²) in [7, 11) is 0. The molecule has 1 atom stereocenters. The molecule has 0 bridgehead atoms. The maximum absolute atomic E-state index is 13.9. The number of rotatable bonds is 3. The van der Waals surface area contributed by atoms with E-state index in [4.69, 9.17) is 0 Å². The number of halogens is 3. The van der Waals surface area contributed by atoms with Crippen LogP contribution in [0.4, 0.5) is 8.78 Å². The maximum atomic E-state index is 13.9. The molecule has 0 radical (unpaired) electrons. The van der Waals surface area contributed by atoms with Crippen LogP contribution in [0.5, 0.6) is 0 Å². The van der Waals surface area contributed by atoms with Crippen molar-refractivity contribution in [2.75, 3.05) is 6.26 Å². The minimum absolute atomic E-state index is 0.128. The van der Waals surface area contributed by atoms with Crippen molar-refractivity contribution in [3.05, 3.63) is 63.6 Å². The third-order valence-electron chi connectivity index (χ3n) is 2.78. The van der Waals surface area contributed by atoms with Crippen molar-refractivity contribution < 1.29 is 13.9 Å². The fourth-order valence-electron chi connectivity index (χ4n) is 1.75. The highest BCUT2D eigenvalue weighted by Crippen LogP contribution is 2.31. The third-order valence-corrected chi connectivity index (χ3v) is 4.14. The predicted octanol–water partition coefficient (Wildman–Crippen LogP) is 4.53. The largest absolute Gasteiger partial charge is 0.383 e. The molecule has 2 aromatic carbocycles. The smallest absolute Gasteiger partial charge is 0.146 e. The van der Waals surface area contributed by atoms with Crippen LogP contribution in [0.25, 0.3) is 0 Å². The van der Waals surface area contributed by atoms with Gasteiger partial charge in [-0.05, 0) is 52.0 Å². The molecule has 1 N–H and O–H groups in total. The van der Waals surface area contributed by atoms with E-state index in [2.05, 4.69) is 15.9 Å². The number of aliphatic hydroxyl groups excluding tert-OH is 1. The van der Waals surface area contributed by atoms with E-state index in [1.807, 2.05) is 6.26 Å². The Morgan fingerprint density at radius 3 is 2.32 bits per heavy atom. The lowest BCUT2D eigenvalue weighted by molar-refractivity contribution is 0.208. The van der Waals surface area contributed by atoms with E-state index in [-0.39, 0.29) is 10.0 Å². The van der Waals surface area contributed by atoms with Gasteiger partial charge >= 0.3 is 0 Å². The lowest BCUT2D eigenvalue weighted by Gasteiger charge is -2.14. The van der Waals surface area contributed by atoms with Crippen molar-refractivity contribution >= 4 is 27.7 Å². The van der Waals surface area contributed by atoms with Crippen LogP contribution in [-0.2, 0) is 0 Å². The van der Waals surface area contributed by atoms with Gasteiger partial charge in [0, 0.05) is 4.90 Å². The van der Waals surface area contributed by atoms with Crippen LogP contribution in [0.15, 0.2) is 45.8 Å². The number of thioether (sulfide) groups is 1. The molecule has 0 fully saturated rings. The van der Waals surface area contributed by atoms with E-state index in [0.717, 1.165) is 11.0 Å². The zero-order valence-electron chi connectivity index (χ0n) is 10.0. The van der Waals surface area contributed by atoms with Crippen LogP contribution in [0.2, 0.25) is 0 Å². The molecule has 0 aliphatic rings. The number of aliphatic hydroxyl groups is 1. The highest BCUT2D eigenvalue weighted by Gasteiger charge is 2.21. The molecule has 1 unspecified atom stereocenters. The normalized spacial score (nSPS) is 12.5. The van der Waals surface area contributed by atoms with Crippen LogP contribution in [0.3, 0.4) is 0 Å². The molecule has 0 aliphatic heterocycles. The van der Waals surface area contributed by atoms with Crippen molar-refractivity contribution in [2.24, 2.45) is 0 Å². The number of hydrogen-bond donors (Lipinski definition) is 1. The summed E-state index contributed by atoms with van der Waals surface area (Å²) < 4.78 is 27.7. The van der Waals surface area contributed by atoms with Crippen molar-refractivity contribution in [1.82, 2.24) is 0 Å². The summed E-state index contributed by atoms with van der Waals surface area (Å²) in [4.78, 5) is 1.02. The van der Waals surface area contributed by atoms with E-state index < -0.39 is 17.7 Å². The molecular formula is C14H11BrF2OS. The zero-order chi connectivity index (χ0) is 14.0. The lowest BCUT2D eigenvalue weighted by Crippen LogP contribution is -2.06. The Morgan fingerprint density at radius 1 is 1.11 bits per heavy atom. The molecule has 19 heavy (non-hydrogen) atoms. The molecule has 100 valence electrons. The van der Waals surface area contributed by atoms with Gasteiger partial charge in [0.25, 0.3) is 0 Å². The summed E-state index contributed by atoms with van der Waals surface area (Å²) >= 11 is 4.54. The lowest BCUT2D eigenvalue weighted by atomic mass is 10.0. The van der Waals surface area contributed by atoms with Gasteiger partial charge in [-0.25, -0.2) is 8.78 Å². The third kappa shape index (κ3) is 2.99. The molecule has 0 heterocycles. The maximum Gasteiger partial charge on any atom is 0.146 e. The van der Waals surface area contributed by atoms with Gasteiger partial charge in [0.2, 0.25) is 0 Å². The van der Waals surface area contributed by atoms with E-state index in [0.29, 0.717) is 5.56 Å². The van der Waals surface area contributed by atoms with Crippen molar-refractivity contribution in [3.8, 4) is 0 Å². The summed E-state index contributed by atoms with van der Waals surface area (Å²) in [5, 5.41) is 10.1. The summed E-state index contributed by atoms with van der Waals surface area (Å²) in [5.41, 5.74) is 0.111. The van der Waals surface area contributed by atoms with Gasteiger partial charge in [0.05, 0.1) is 10.0 Å². The number of hydrogen-bond acceptors (Lipinski definition) is 2. The fraction of sp³-hybridized carbons (Fsp3) is 0.143. The molecular weight excluding hydrogens is 334 g/mol. The van der Waals surface area contributed by atoms with Crippen molar-refractivity contribution in [3.63, 3.8) is 0 Å². The summed E-state index contributed by atoms with van der Waals surface area (Å²) in [6.07, 6.45) is 0.604. The standard InChI is InChI=1S/C14H11BrF2OS/c1-19-9-4-2-8(3-5-9)14(18)12-11(16)7-6-10(15)13(12)17/h2-7,14,18H,1H3. The van der Waals surface area contributed by atoms with Gasteiger partial charge in [-0.15, -0.1) is 11.8 Å². The van der Waals surface area contributed by atoms with Crippen molar-refractivity contribution in [1.29, 1.82) is 0 Å². The van der Waals surface area contributed by atoms with E-state index in [9.17, 15) is 13.9 Å². The molecule has 2 aromatic rings. The van der Waals surface area contributed by atoms with Crippen LogP contribution in [0, 0.1) is 11.6 Å². The van der Waals surface area contributed by atoms with Crippen LogP contribution >= 0.6 is 27.7 Å². The second kappa shape index (κ2) is 6.03. The molecule has 5 heteroatoms. The van der Waals surface area contributed by atoms with Gasteiger partial charge in [-0.1, -0.05) is 12.1 Å². The summed E-state index contributed by atoms with van der Waals surface area (Å²) in [6, 6.07) is 9.33. The minimum atomic E-state index is -1.33. The van der Waals surface area contributed by atoms with E-state index >= 15 is 0 Å². The highest BCUT2D eigenvalue weighted by molar-refractivity contribution is 9.10. The fourth-order valence-corrected chi connectivity index (χ4v) is 2.50. The number of benzene rings is 2. The molecule has 0 amide bonds. The second-order valence-corrected chi connectivity index (χ2v) is 5.67. The molecule has 0 aliphatic carbocycles. The van der Waals surface area contributed by atoms with Gasteiger partial charge in [0.1, 0.15) is 17.7 Å². The van der Waals surface area contributed by atoms with Crippen LogP contribution < -0.4 is 0 Å². The molecule has 1 nitrogen and oxygen atoms in total. The second-order valence-electron chi connectivity index (χ2n) is 3.93. The first-order chi connectivity index (χ1) is 9.04. The van der Waals surface area contributed by atoms with Gasteiger partial charge in [-0.2, -0.15) is 0 Å². The zero-order valence-corrected chi connectivity index (χ0v) is 12.4. The molecule has 0 saturated carbocycles.